The number of aromatic nitrogens is 2. The van der Waals surface area contributed by atoms with E-state index in [4.69, 9.17) is 28.2 Å². The highest BCUT2D eigenvalue weighted by atomic mass is 35.5. The predicted octanol–water partition coefficient (Wildman–Crippen LogP) is 5.20. The van der Waals surface area contributed by atoms with Crippen LogP contribution >= 0.6 is 35.0 Å². The van der Waals surface area contributed by atoms with E-state index in [0.29, 0.717) is 16.0 Å². The Bertz CT molecular complexity index is 633. The first-order valence-electron chi connectivity index (χ1n) is 7.34. The lowest BCUT2D eigenvalue weighted by molar-refractivity contribution is 0.620. The SMILES string of the molecule is CCn1c(CNC)nc(C(C)C)c1Sc1cc(Cl)cc(Cl)c1. The van der Waals surface area contributed by atoms with Crippen LogP contribution in [0.5, 0.6) is 0 Å². The molecule has 1 heterocycles. The van der Waals surface area contributed by atoms with Crippen LogP contribution in [0.4, 0.5) is 0 Å². The molecule has 0 saturated heterocycles. The Morgan fingerprint density at radius 3 is 2.36 bits per heavy atom. The summed E-state index contributed by atoms with van der Waals surface area (Å²) in [6, 6.07) is 5.62. The zero-order valence-corrected chi connectivity index (χ0v) is 15.6. The third-order valence-corrected chi connectivity index (χ3v) is 4.80. The molecule has 1 aromatic carbocycles. The lowest BCUT2D eigenvalue weighted by Crippen LogP contribution is -2.12. The third-order valence-electron chi connectivity index (χ3n) is 3.27. The Hall–Kier alpha value is -0.680. The van der Waals surface area contributed by atoms with E-state index in [2.05, 4.69) is 30.7 Å². The largest absolute Gasteiger partial charge is 0.322 e. The minimum Gasteiger partial charge on any atom is -0.322 e. The van der Waals surface area contributed by atoms with E-state index >= 15 is 0 Å². The molecule has 0 amide bonds. The van der Waals surface area contributed by atoms with E-state index in [1.807, 2.05) is 19.2 Å². The van der Waals surface area contributed by atoms with Crippen LogP contribution < -0.4 is 5.32 Å². The Labute approximate surface area is 146 Å². The molecule has 0 bridgehead atoms. The van der Waals surface area contributed by atoms with Crippen molar-refractivity contribution < 1.29 is 0 Å². The maximum absolute atomic E-state index is 6.12. The van der Waals surface area contributed by atoms with E-state index in [1.165, 1.54) is 5.03 Å². The van der Waals surface area contributed by atoms with Crippen molar-refractivity contribution in [3.8, 4) is 0 Å². The first-order chi connectivity index (χ1) is 10.5. The number of nitrogens with one attached hydrogen (secondary N) is 1. The van der Waals surface area contributed by atoms with Gasteiger partial charge in [-0.05, 0) is 38.1 Å². The molecular formula is C16H21Cl2N3S. The van der Waals surface area contributed by atoms with Crippen LogP contribution in [0.15, 0.2) is 28.1 Å². The zero-order valence-electron chi connectivity index (χ0n) is 13.3. The smallest absolute Gasteiger partial charge is 0.123 e. The van der Waals surface area contributed by atoms with Gasteiger partial charge in [0.05, 0.1) is 12.2 Å². The number of benzene rings is 1. The van der Waals surface area contributed by atoms with Crippen molar-refractivity contribution in [3.05, 3.63) is 39.8 Å². The van der Waals surface area contributed by atoms with Crippen LogP contribution in [0.3, 0.4) is 0 Å². The summed E-state index contributed by atoms with van der Waals surface area (Å²) in [7, 11) is 1.94. The molecule has 0 unspecified atom stereocenters. The van der Waals surface area contributed by atoms with Gasteiger partial charge in [-0.15, -0.1) is 0 Å². The van der Waals surface area contributed by atoms with Crippen LogP contribution in [0, 0.1) is 0 Å². The van der Waals surface area contributed by atoms with Gasteiger partial charge in [0.1, 0.15) is 10.9 Å². The van der Waals surface area contributed by atoms with E-state index in [-0.39, 0.29) is 0 Å². The normalized spacial score (nSPS) is 11.4. The van der Waals surface area contributed by atoms with Gasteiger partial charge < -0.3 is 9.88 Å². The second-order valence-corrected chi connectivity index (χ2v) is 7.29. The van der Waals surface area contributed by atoms with Gasteiger partial charge in [0.15, 0.2) is 0 Å². The Morgan fingerprint density at radius 1 is 1.23 bits per heavy atom. The first-order valence-corrected chi connectivity index (χ1v) is 8.91. The van der Waals surface area contributed by atoms with Crippen molar-refractivity contribution >= 4 is 35.0 Å². The maximum Gasteiger partial charge on any atom is 0.123 e. The quantitative estimate of drug-likeness (QED) is 0.769. The number of imidazole rings is 1. The minimum atomic E-state index is 0.362. The van der Waals surface area contributed by atoms with Gasteiger partial charge in [-0.2, -0.15) is 0 Å². The van der Waals surface area contributed by atoms with E-state index in [9.17, 15) is 0 Å². The first kappa shape index (κ1) is 17.7. The average molecular weight is 358 g/mol. The van der Waals surface area contributed by atoms with Gasteiger partial charge in [-0.25, -0.2) is 4.98 Å². The summed E-state index contributed by atoms with van der Waals surface area (Å²) in [5.74, 6) is 1.42. The third kappa shape index (κ3) is 3.99. The molecule has 1 aromatic heterocycles. The zero-order chi connectivity index (χ0) is 16.3. The van der Waals surface area contributed by atoms with E-state index in [1.54, 1.807) is 17.8 Å². The molecule has 3 nitrogen and oxygen atoms in total. The van der Waals surface area contributed by atoms with Crippen molar-refractivity contribution in [2.75, 3.05) is 7.05 Å². The molecule has 120 valence electrons. The highest BCUT2D eigenvalue weighted by molar-refractivity contribution is 7.99. The molecule has 0 fully saturated rings. The molecule has 2 rings (SSSR count). The van der Waals surface area contributed by atoms with Crippen molar-refractivity contribution in [2.45, 2.75) is 49.7 Å². The standard InChI is InChI=1S/C16H21Cl2N3S/c1-5-21-14(9-19-4)20-15(10(2)3)16(21)22-13-7-11(17)6-12(18)8-13/h6-8,10,19H,5,9H2,1-4H3. The molecule has 22 heavy (non-hydrogen) atoms. The number of nitrogens with zero attached hydrogens (tertiary/aromatic N) is 2. The van der Waals surface area contributed by atoms with Gasteiger partial charge in [-0.3, -0.25) is 0 Å². The van der Waals surface area contributed by atoms with Crippen LogP contribution in [-0.2, 0) is 13.1 Å². The summed E-state index contributed by atoms with van der Waals surface area (Å²) in [5, 5.41) is 5.66. The Morgan fingerprint density at radius 2 is 1.86 bits per heavy atom. The van der Waals surface area contributed by atoms with Gasteiger partial charge >= 0.3 is 0 Å². The topological polar surface area (TPSA) is 29.9 Å². The van der Waals surface area contributed by atoms with Gasteiger partial charge in [0.25, 0.3) is 0 Å². The number of hydrogen-bond acceptors (Lipinski definition) is 3. The van der Waals surface area contributed by atoms with Crippen molar-refractivity contribution in [3.63, 3.8) is 0 Å². The number of rotatable bonds is 6. The van der Waals surface area contributed by atoms with Crippen molar-refractivity contribution in [1.29, 1.82) is 0 Å². The molecule has 0 atom stereocenters. The van der Waals surface area contributed by atoms with Crippen LogP contribution in [0.25, 0.3) is 0 Å². The second-order valence-electron chi connectivity index (χ2n) is 5.35. The summed E-state index contributed by atoms with van der Waals surface area (Å²) in [6.45, 7) is 8.11. The fourth-order valence-electron chi connectivity index (χ4n) is 2.30. The lowest BCUT2D eigenvalue weighted by atomic mass is 10.1. The molecule has 0 radical (unpaired) electrons. The molecule has 0 aliphatic heterocycles. The maximum atomic E-state index is 6.12. The molecule has 0 aliphatic carbocycles. The summed E-state index contributed by atoms with van der Waals surface area (Å²) < 4.78 is 2.26. The Kier molecular flexibility index (Phi) is 6.21. The highest BCUT2D eigenvalue weighted by Gasteiger charge is 2.19. The summed E-state index contributed by atoms with van der Waals surface area (Å²) >= 11 is 13.9. The van der Waals surface area contributed by atoms with Crippen LogP contribution in [0.1, 0.15) is 38.2 Å². The van der Waals surface area contributed by atoms with Gasteiger partial charge in [-0.1, -0.05) is 48.8 Å². The molecule has 0 aliphatic rings. The highest BCUT2D eigenvalue weighted by Crippen LogP contribution is 2.37. The van der Waals surface area contributed by atoms with E-state index in [0.717, 1.165) is 29.5 Å². The summed E-state index contributed by atoms with van der Waals surface area (Å²) in [5.41, 5.74) is 1.12. The average Bonchev–Trinajstić information content (AvgIpc) is 2.76. The molecule has 0 saturated carbocycles. The Balaban J connectivity index is 2.47. The molecular weight excluding hydrogens is 337 g/mol. The predicted molar refractivity (Wildman–Crippen MR) is 95.3 cm³/mol. The fraction of sp³-hybridized carbons (Fsp3) is 0.438. The number of hydrogen-bond donors (Lipinski definition) is 1. The fourth-order valence-corrected chi connectivity index (χ4v) is 4.29. The van der Waals surface area contributed by atoms with Crippen molar-refractivity contribution in [2.24, 2.45) is 0 Å². The lowest BCUT2D eigenvalue weighted by Gasteiger charge is -2.11. The van der Waals surface area contributed by atoms with Crippen LogP contribution in [-0.4, -0.2) is 16.6 Å². The molecule has 6 heteroatoms. The summed E-state index contributed by atoms with van der Waals surface area (Å²) in [6.07, 6.45) is 0. The van der Waals surface area contributed by atoms with Crippen molar-refractivity contribution in [1.82, 2.24) is 14.9 Å². The van der Waals surface area contributed by atoms with Gasteiger partial charge in [0.2, 0.25) is 0 Å². The molecule has 1 N–H and O–H groups in total. The molecule has 0 spiro atoms. The monoisotopic (exact) mass is 357 g/mol. The second kappa shape index (κ2) is 7.73. The van der Waals surface area contributed by atoms with E-state index < -0.39 is 0 Å². The molecule has 2 aromatic rings. The number of halogens is 2. The summed E-state index contributed by atoms with van der Waals surface area (Å²) in [4.78, 5) is 5.86. The van der Waals surface area contributed by atoms with Crippen LogP contribution in [0.2, 0.25) is 10.0 Å². The van der Waals surface area contributed by atoms with Gasteiger partial charge in [0, 0.05) is 21.5 Å². The minimum absolute atomic E-state index is 0.362.